The van der Waals surface area contributed by atoms with Gasteiger partial charge in [-0.3, -0.25) is 4.79 Å². The van der Waals surface area contributed by atoms with Crippen molar-refractivity contribution in [3.05, 3.63) is 69.3 Å². The molecule has 0 bridgehead atoms. The Kier molecular flexibility index (Phi) is 4.27. The molecule has 3 rings (SSSR count). The van der Waals surface area contributed by atoms with E-state index in [1.54, 1.807) is 24.5 Å². The highest BCUT2D eigenvalue weighted by Crippen LogP contribution is 2.30. The van der Waals surface area contributed by atoms with E-state index in [0.29, 0.717) is 28.7 Å². The van der Waals surface area contributed by atoms with Gasteiger partial charge in [0, 0.05) is 10.9 Å². The third kappa shape index (κ3) is 2.87. The van der Waals surface area contributed by atoms with E-state index in [0.717, 1.165) is 5.56 Å². The molecule has 0 spiro atoms. The fourth-order valence-corrected chi connectivity index (χ4v) is 2.93. The highest BCUT2D eigenvalue weighted by molar-refractivity contribution is 5.99. The molecule has 6 heteroatoms. The van der Waals surface area contributed by atoms with E-state index in [1.165, 1.54) is 7.11 Å². The molecule has 0 radical (unpaired) electrons. The molecule has 0 saturated carbocycles. The predicted octanol–water partition coefficient (Wildman–Crippen LogP) is 2.55. The number of ether oxygens (including phenoxy) is 1. The summed E-state index contributed by atoms with van der Waals surface area (Å²) in [6, 6.07) is 11.1. The summed E-state index contributed by atoms with van der Waals surface area (Å²) in [5, 5.41) is 10.9. The highest BCUT2D eigenvalue weighted by atomic mass is 16.5. The number of hydrogen-bond donors (Lipinski definition) is 1. The molecule has 2 heterocycles. The van der Waals surface area contributed by atoms with Crippen LogP contribution in [0, 0.1) is 13.8 Å². The molecule has 0 fully saturated rings. The van der Waals surface area contributed by atoms with Gasteiger partial charge in [0.2, 0.25) is 0 Å². The maximum absolute atomic E-state index is 12.7. The Labute approximate surface area is 144 Å². The molecule has 1 N–H and O–H groups in total. The van der Waals surface area contributed by atoms with Crippen molar-refractivity contribution in [1.29, 1.82) is 0 Å². The Hall–Kier alpha value is -3.15. The molecule has 3 aromatic rings. The third-order valence-electron chi connectivity index (χ3n) is 4.13. The van der Waals surface area contributed by atoms with Crippen LogP contribution < -0.4 is 5.56 Å². The molecule has 0 atom stereocenters. The molecule has 6 nitrogen and oxygen atoms in total. The molecule has 2 aromatic heterocycles. The first kappa shape index (κ1) is 16.7. The number of aromatic hydroxyl groups is 1. The number of hydrogen-bond acceptors (Lipinski definition) is 5. The average Bonchev–Trinajstić information content (AvgIpc) is 2.62. The molecule has 0 aliphatic carbocycles. The zero-order chi connectivity index (χ0) is 18.1. The summed E-state index contributed by atoms with van der Waals surface area (Å²) in [4.78, 5) is 28.7. The number of carbonyl (C=O) groups excluding carboxylic acids is 1. The quantitative estimate of drug-likeness (QED) is 0.742. The Morgan fingerprint density at radius 2 is 1.92 bits per heavy atom. The molecular weight excluding hydrogens is 320 g/mol. The number of pyridine rings is 2. The van der Waals surface area contributed by atoms with Crippen LogP contribution in [0.4, 0.5) is 0 Å². The summed E-state index contributed by atoms with van der Waals surface area (Å²) < 4.78 is 6.24. The molecule has 0 aliphatic heterocycles. The first-order chi connectivity index (χ1) is 11.9. The van der Waals surface area contributed by atoms with Crippen molar-refractivity contribution in [2.45, 2.75) is 20.4 Å². The topological polar surface area (TPSA) is 81.4 Å². The van der Waals surface area contributed by atoms with Gasteiger partial charge in [0.05, 0.1) is 24.9 Å². The van der Waals surface area contributed by atoms with Crippen molar-refractivity contribution < 1.29 is 14.6 Å². The SMILES string of the molecule is COC(=O)c1nc(C)c2c(cc(C)c(=O)n2Cc2ccccc2)c1O. The zero-order valence-corrected chi connectivity index (χ0v) is 14.2. The number of aromatic nitrogens is 2. The van der Waals surface area contributed by atoms with Gasteiger partial charge in [0.15, 0.2) is 11.4 Å². The second-order valence-electron chi connectivity index (χ2n) is 5.85. The molecule has 0 amide bonds. The molecule has 0 saturated heterocycles. The molecule has 0 unspecified atom stereocenters. The lowest BCUT2D eigenvalue weighted by molar-refractivity contribution is 0.0590. The van der Waals surface area contributed by atoms with E-state index in [9.17, 15) is 14.7 Å². The Morgan fingerprint density at radius 3 is 2.56 bits per heavy atom. The van der Waals surface area contributed by atoms with Crippen molar-refractivity contribution in [1.82, 2.24) is 9.55 Å². The minimum Gasteiger partial charge on any atom is -0.505 e. The van der Waals surface area contributed by atoms with Crippen LogP contribution in [0.25, 0.3) is 10.9 Å². The van der Waals surface area contributed by atoms with Crippen molar-refractivity contribution in [3.63, 3.8) is 0 Å². The largest absolute Gasteiger partial charge is 0.505 e. The van der Waals surface area contributed by atoms with Gasteiger partial charge in [-0.25, -0.2) is 9.78 Å². The van der Waals surface area contributed by atoms with Crippen LogP contribution >= 0.6 is 0 Å². The van der Waals surface area contributed by atoms with Crippen molar-refractivity contribution in [2.75, 3.05) is 7.11 Å². The van der Waals surface area contributed by atoms with Crippen molar-refractivity contribution in [3.8, 4) is 5.75 Å². The number of nitrogens with zero attached hydrogens (tertiary/aromatic N) is 2. The van der Waals surface area contributed by atoms with Crippen LogP contribution in [-0.2, 0) is 11.3 Å². The third-order valence-corrected chi connectivity index (χ3v) is 4.13. The normalized spacial score (nSPS) is 10.8. The number of rotatable bonds is 3. The number of aryl methyl sites for hydroxylation is 2. The van der Waals surface area contributed by atoms with Gasteiger partial charge in [-0.2, -0.15) is 0 Å². The molecule has 128 valence electrons. The van der Waals surface area contributed by atoms with Crippen molar-refractivity contribution in [2.24, 2.45) is 0 Å². The van der Waals surface area contributed by atoms with Gasteiger partial charge in [-0.05, 0) is 25.5 Å². The van der Waals surface area contributed by atoms with Crippen LogP contribution in [0.15, 0.2) is 41.2 Å². The number of carbonyl (C=O) groups is 1. The fraction of sp³-hybridized carbons (Fsp3) is 0.211. The Bertz CT molecular complexity index is 1020. The standard InChI is InChI=1S/C19H18N2O4/c1-11-9-14-16(12(2)20-15(17(14)22)19(24)25-3)21(18(11)23)10-13-7-5-4-6-8-13/h4-9,22H,10H2,1-3H3. The summed E-state index contributed by atoms with van der Waals surface area (Å²) in [5.41, 5.74) is 2.08. The van der Waals surface area contributed by atoms with Crippen LogP contribution in [-0.4, -0.2) is 27.7 Å². The zero-order valence-electron chi connectivity index (χ0n) is 14.2. The number of benzene rings is 1. The lowest BCUT2D eigenvalue weighted by atomic mass is 10.1. The van der Waals surface area contributed by atoms with Crippen LogP contribution in [0.3, 0.4) is 0 Å². The van der Waals surface area contributed by atoms with Crippen LogP contribution in [0.5, 0.6) is 5.75 Å². The summed E-state index contributed by atoms with van der Waals surface area (Å²) in [7, 11) is 1.23. The number of methoxy groups -OCH3 is 1. The monoisotopic (exact) mass is 338 g/mol. The van der Waals surface area contributed by atoms with E-state index in [-0.39, 0.29) is 17.0 Å². The van der Waals surface area contributed by atoms with E-state index in [4.69, 9.17) is 0 Å². The smallest absolute Gasteiger partial charge is 0.360 e. The second-order valence-corrected chi connectivity index (χ2v) is 5.85. The van der Waals surface area contributed by atoms with Gasteiger partial charge < -0.3 is 14.4 Å². The lowest BCUT2D eigenvalue weighted by Crippen LogP contribution is -2.24. The van der Waals surface area contributed by atoms with E-state index >= 15 is 0 Å². The molecule has 0 aliphatic rings. The van der Waals surface area contributed by atoms with Gasteiger partial charge in [-0.1, -0.05) is 30.3 Å². The number of esters is 1. The molecule has 25 heavy (non-hydrogen) atoms. The van der Waals surface area contributed by atoms with Gasteiger partial charge in [0.1, 0.15) is 0 Å². The average molecular weight is 338 g/mol. The van der Waals surface area contributed by atoms with Crippen molar-refractivity contribution >= 4 is 16.9 Å². The minimum atomic E-state index is -0.721. The summed E-state index contributed by atoms with van der Waals surface area (Å²) in [6.45, 7) is 3.72. The van der Waals surface area contributed by atoms with Gasteiger partial charge in [-0.15, -0.1) is 0 Å². The van der Waals surface area contributed by atoms with E-state index in [2.05, 4.69) is 9.72 Å². The summed E-state index contributed by atoms with van der Waals surface area (Å²) >= 11 is 0. The first-order valence-corrected chi connectivity index (χ1v) is 7.80. The maximum Gasteiger partial charge on any atom is 0.360 e. The number of fused-ring (bicyclic) bond motifs is 1. The summed E-state index contributed by atoms with van der Waals surface area (Å²) in [6.07, 6.45) is 0. The molecule has 1 aromatic carbocycles. The minimum absolute atomic E-state index is 0.156. The predicted molar refractivity (Wildman–Crippen MR) is 94.0 cm³/mol. The summed E-state index contributed by atoms with van der Waals surface area (Å²) in [5.74, 6) is -1.00. The second kappa shape index (κ2) is 6.39. The van der Waals surface area contributed by atoms with Crippen LogP contribution in [0.1, 0.15) is 27.3 Å². The van der Waals surface area contributed by atoms with E-state index in [1.807, 2.05) is 30.3 Å². The first-order valence-electron chi connectivity index (χ1n) is 7.80. The Morgan fingerprint density at radius 1 is 1.24 bits per heavy atom. The molecular formula is C19H18N2O4. The fourth-order valence-electron chi connectivity index (χ4n) is 2.93. The lowest BCUT2D eigenvalue weighted by Gasteiger charge is -2.16. The van der Waals surface area contributed by atoms with E-state index < -0.39 is 5.97 Å². The Balaban J connectivity index is 2.33. The van der Waals surface area contributed by atoms with Crippen LogP contribution in [0.2, 0.25) is 0 Å². The highest BCUT2D eigenvalue weighted by Gasteiger charge is 2.21. The maximum atomic E-state index is 12.7. The van der Waals surface area contributed by atoms with Gasteiger partial charge >= 0.3 is 5.97 Å². The van der Waals surface area contributed by atoms with Gasteiger partial charge in [0.25, 0.3) is 5.56 Å².